The van der Waals surface area contributed by atoms with Gasteiger partial charge in [-0.15, -0.1) is 0 Å². The summed E-state index contributed by atoms with van der Waals surface area (Å²) in [5.74, 6) is -2.28. The number of primary amides is 2. The Hall–Kier alpha value is -3.13. The molecule has 142 valence electrons. The number of anilines is 1. The van der Waals surface area contributed by atoms with Gasteiger partial charge >= 0.3 is 0 Å². The molecule has 0 unspecified atom stereocenters. The van der Waals surface area contributed by atoms with Crippen molar-refractivity contribution in [3.63, 3.8) is 0 Å². The fourth-order valence-electron chi connectivity index (χ4n) is 2.28. The first kappa shape index (κ1) is 20.2. The molecule has 2 aromatic rings. The third-order valence-corrected chi connectivity index (χ3v) is 3.82. The Kier molecular flexibility index (Phi) is 6.73. The number of halogens is 2. The average Bonchev–Trinajstić information content (AvgIpc) is 2.61. The molecule has 0 saturated carbocycles. The molecule has 0 bridgehead atoms. The molecule has 0 aliphatic heterocycles. The molecule has 0 aliphatic rings. The van der Waals surface area contributed by atoms with Gasteiger partial charge in [-0.2, -0.15) is 0 Å². The van der Waals surface area contributed by atoms with Crippen LogP contribution in [0.25, 0.3) is 0 Å². The number of amides is 3. The van der Waals surface area contributed by atoms with Crippen molar-refractivity contribution in [1.82, 2.24) is 0 Å². The van der Waals surface area contributed by atoms with Gasteiger partial charge in [-0.3, -0.25) is 14.4 Å². The molecule has 0 fully saturated rings. The highest BCUT2D eigenvalue weighted by Crippen LogP contribution is 2.23. The minimum Gasteiger partial charge on any atom is -0.483 e. The van der Waals surface area contributed by atoms with Gasteiger partial charge in [0.1, 0.15) is 11.6 Å². The van der Waals surface area contributed by atoms with Crippen molar-refractivity contribution >= 4 is 35.0 Å². The molecule has 0 heterocycles. The predicted molar refractivity (Wildman–Crippen MR) is 98.0 cm³/mol. The molecule has 0 spiro atoms. The van der Waals surface area contributed by atoms with Crippen molar-refractivity contribution in [2.45, 2.75) is 6.42 Å². The maximum absolute atomic E-state index is 13.1. The van der Waals surface area contributed by atoms with Crippen molar-refractivity contribution in [2.75, 3.05) is 18.1 Å². The summed E-state index contributed by atoms with van der Waals surface area (Å²) in [6.45, 7) is -0.474. The van der Waals surface area contributed by atoms with Crippen LogP contribution >= 0.6 is 11.6 Å². The quantitative estimate of drug-likeness (QED) is 0.712. The van der Waals surface area contributed by atoms with Crippen molar-refractivity contribution < 1.29 is 23.5 Å². The van der Waals surface area contributed by atoms with E-state index in [2.05, 4.69) is 0 Å². The predicted octanol–water partition coefficient (Wildman–Crippen LogP) is 1.87. The SMILES string of the molecule is NC(=O)CCN(C(=O)COc1cc(Cl)ccc1C(N)=O)c1ccc(F)cc1. The number of nitrogens with two attached hydrogens (primary N) is 2. The van der Waals surface area contributed by atoms with Crippen LogP contribution in [0, 0.1) is 5.82 Å². The largest absolute Gasteiger partial charge is 0.483 e. The Balaban J connectivity index is 2.18. The van der Waals surface area contributed by atoms with E-state index in [0.29, 0.717) is 10.7 Å². The lowest BCUT2D eigenvalue weighted by Gasteiger charge is -2.22. The van der Waals surface area contributed by atoms with Crippen molar-refractivity contribution in [3.8, 4) is 5.75 Å². The molecule has 0 aliphatic carbocycles. The Morgan fingerprint density at radius 2 is 1.74 bits per heavy atom. The number of rotatable bonds is 8. The molecule has 3 amide bonds. The van der Waals surface area contributed by atoms with Crippen LogP contribution in [-0.4, -0.2) is 30.9 Å². The van der Waals surface area contributed by atoms with Crippen LogP contribution in [0.15, 0.2) is 42.5 Å². The number of hydrogen-bond acceptors (Lipinski definition) is 4. The smallest absolute Gasteiger partial charge is 0.264 e. The standard InChI is InChI=1S/C18H17ClFN3O4/c19-11-1-6-14(18(22)26)15(9-11)27-10-17(25)23(8-7-16(21)24)13-4-2-12(20)3-5-13/h1-6,9H,7-8,10H2,(H2,21,24)(H2,22,26). The second-order valence-corrected chi connectivity index (χ2v) is 5.97. The van der Waals surface area contributed by atoms with Crippen LogP contribution in [0.2, 0.25) is 5.02 Å². The van der Waals surface area contributed by atoms with Gasteiger partial charge in [-0.25, -0.2) is 4.39 Å². The van der Waals surface area contributed by atoms with Crippen LogP contribution in [0.5, 0.6) is 5.75 Å². The minimum absolute atomic E-state index is 0.0125. The van der Waals surface area contributed by atoms with E-state index in [1.807, 2.05) is 0 Å². The van der Waals surface area contributed by atoms with Crippen LogP contribution < -0.4 is 21.1 Å². The zero-order valence-corrected chi connectivity index (χ0v) is 14.9. The van der Waals surface area contributed by atoms with Gasteiger partial charge in [0.15, 0.2) is 6.61 Å². The van der Waals surface area contributed by atoms with Crippen LogP contribution in [-0.2, 0) is 9.59 Å². The lowest BCUT2D eigenvalue weighted by atomic mass is 10.2. The fourth-order valence-corrected chi connectivity index (χ4v) is 2.44. The van der Waals surface area contributed by atoms with E-state index in [1.54, 1.807) is 0 Å². The van der Waals surface area contributed by atoms with Gasteiger partial charge < -0.3 is 21.1 Å². The minimum atomic E-state index is -0.738. The summed E-state index contributed by atoms with van der Waals surface area (Å²) < 4.78 is 18.5. The van der Waals surface area contributed by atoms with Crippen LogP contribution in [0.4, 0.5) is 10.1 Å². The first-order valence-corrected chi connectivity index (χ1v) is 8.22. The van der Waals surface area contributed by atoms with Gasteiger partial charge in [-0.1, -0.05) is 11.6 Å². The molecule has 9 heteroatoms. The summed E-state index contributed by atoms with van der Waals surface area (Å²) in [6.07, 6.45) is -0.0905. The monoisotopic (exact) mass is 393 g/mol. The number of benzene rings is 2. The van der Waals surface area contributed by atoms with E-state index in [4.69, 9.17) is 27.8 Å². The van der Waals surface area contributed by atoms with E-state index in [-0.39, 0.29) is 24.3 Å². The maximum atomic E-state index is 13.1. The summed E-state index contributed by atoms with van der Waals surface area (Å²) >= 11 is 5.88. The van der Waals surface area contributed by atoms with E-state index in [1.165, 1.54) is 47.4 Å². The normalized spacial score (nSPS) is 10.3. The lowest BCUT2D eigenvalue weighted by molar-refractivity contribution is -0.120. The van der Waals surface area contributed by atoms with Gasteiger partial charge in [0.05, 0.1) is 5.56 Å². The summed E-state index contributed by atoms with van der Waals surface area (Å²) in [5.41, 5.74) is 10.9. The molecule has 7 nitrogen and oxygen atoms in total. The number of carbonyl (C=O) groups excluding carboxylic acids is 3. The first-order chi connectivity index (χ1) is 12.8. The fraction of sp³-hybridized carbons (Fsp3) is 0.167. The van der Waals surface area contributed by atoms with Crippen molar-refractivity contribution in [1.29, 1.82) is 0 Å². The summed E-state index contributed by atoms with van der Waals surface area (Å²) in [5, 5.41) is 0.298. The highest BCUT2D eigenvalue weighted by atomic mass is 35.5. The Bertz CT molecular complexity index is 858. The van der Waals surface area contributed by atoms with E-state index >= 15 is 0 Å². The van der Waals surface area contributed by atoms with E-state index < -0.39 is 30.1 Å². The second kappa shape index (κ2) is 9.00. The summed E-state index contributed by atoms with van der Waals surface area (Å²) in [6, 6.07) is 9.36. The van der Waals surface area contributed by atoms with Gasteiger partial charge in [0, 0.05) is 23.7 Å². The molecular weight excluding hydrogens is 377 g/mol. The molecule has 2 aromatic carbocycles. The molecule has 2 rings (SSSR count). The molecular formula is C18H17ClFN3O4. The van der Waals surface area contributed by atoms with Crippen LogP contribution in [0.1, 0.15) is 16.8 Å². The third kappa shape index (κ3) is 5.68. The molecule has 4 N–H and O–H groups in total. The zero-order chi connectivity index (χ0) is 20.0. The van der Waals surface area contributed by atoms with Gasteiger partial charge in [0.25, 0.3) is 11.8 Å². The molecule has 0 radical (unpaired) electrons. The maximum Gasteiger partial charge on any atom is 0.264 e. The van der Waals surface area contributed by atoms with Gasteiger partial charge in [0.2, 0.25) is 5.91 Å². The summed E-state index contributed by atoms with van der Waals surface area (Å²) in [4.78, 5) is 36.4. The lowest BCUT2D eigenvalue weighted by Crippen LogP contribution is -2.37. The van der Waals surface area contributed by atoms with Gasteiger partial charge in [-0.05, 0) is 42.5 Å². The number of hydrogen-bond donors (Lipinski definition) is 2. The van der Waals surface area contributed by atoms with Crippen molar-refractivity contribution in [2.24, 2.45) is 11.5 Å². The first-order valence-electron chi connectivity index (χ1n) is 7.84. The molecule has 27 heavy (non-hydrogen) atoms. The third-order valence-electron chi connectivity index (χ3n) is 3.58. The highest BCUT2D eigenvalue weighted by molar-refractivity contribution is 6.30. The molecule has 0 saturated heterocycles. The molecule has 0 aromatic heterocycles. The van der Waals surface area contributed by atoms with Crippen molar-refractivity contribution in [3.05, 3.63) is 58.9 Å². The second-order valence-electron chi connectivity index (χ2n) is 5.53. The highest BCUT2D eigenvalue weighted by Gasteiger charge is 2.19. The zero-order valence-electron chi connectivity index (χ0n) is 14.2. The Morgan fingerprint density at radius 3 is 2.33 bits per heavy atom. The molecule has 0 atom stereocenters. The van der Waals surface area contributed by atoms with Crippen LogP contribution in [0.3, 0.4) is 0 Å². The summed E-state index contributed by atoms with van der Waals surface area (Å²) in [7, 11) is 0. The number of nitrogens with zero attached hydrogens (tertiary/aromatic N) is 1. The Morgan fingerprint density at radius 1 is 1.07 bits per heavy atom. The van der Waals surface area contributed by atoms with E-state index in [9.17, 15) is 18.8 Å². The number of ether oxygens (including phenoxy) is 1. The van der Waals surface area contributed by atoms with E-state index in [0.717, 1.165) is 0 Å². The Labute approximate surface area is 159 Å². The number of carbonyl (C=O) groups is 3. The topological polar surface area (TPSA) is 116 Å². The average molecular weight is 394 g/mol.